The summed E-state index contributed by atoms with van der Waals surface area (Å²) in [6, 6.07) is 14.3. The summed E-state index contributed by atoms with van der Waals surface area (Å²) in [6.45, 7) is 2.47. The maximum atomic E-state index is 14.0. The van der Waals surface area contributed by atoms with E-state index in [0.29, 0.717) is 12.8 Å². The average molecular weight is 467 g/mol. The molecule has 1 heterocycles. The molecule has 0 aromatic heterocycles. The summed E-state index contributed by atoms with van der Waals surface area (Å²) in [6.07, 6.45) is 2.62. The average Bonchev–Trinajstić information content (AvgIpc) is 2.76. The molecule has 3 rings (SSSR count). The lowest BCUT2D eigenvalue weighted by Crippen LogP contribution is -2.45. The topological polar surface area (TPSA) is 66.5 Å². The summed E-state index contributed by atoms with van der Waals surface area (Å²) >= 11 is 5.98. The molecule has 0 radical (unpaired) electrons. The van der Waals surface area contributed by atoms with Crippen LogP contribution < -0.4 is 5.32 Å². The molecule has 0 unspecified atom stereocenters. The number of carbonyl (C=O) groups excluding carboxylic acids is 1. The minimum Gasteiger partial charge on any atom is -0.353 e. The number of piperidine rings is 1. The Balaban J connectivity index is 1.48. The monoisotopic (exact) mass is 466 g/mol. The number of benzene rings is 2. The number of hydrogen-bond donors (Lipinski definition) is 1. The molecule has 8 heteroatoms. The number of amides is 1. The van der Waals surface area contributed by atoms with Crippen LogP contribution in [0.4, 0.5) is 4.39 Å². The molecule has 0 aliphatic carbocycles. The van der Waals surface area contributed by atoms with Gasteiger partial charge in [0, 0.05) is 35.6 Å². The van der Waals surface area contributed by atoms with Crippen molar-refractivity contribution >= 4 is 27.5 Å². The third kappa shape index (κ3) is 6.51. The lowest BCUT2D eigenvalue weighted by molar-refractivity contribution is -0.126. The maximum absolute atomic E-state index is 14.0. The molecular formula is C23H28ClFN2O3S. The molecule has 1 atom stereocenters. The van der Waals surface area contributed by atoms with Gasteiger partial charge in [-0.05, 0) is 50.3 Å². The van der Waals surface area contributed by atoms with Crippen LogP contribution in [0, 0.1) is 11.7 Å². The van der Waals surface area contributed by atoms with Gasteiger partial charge in [0.25, 0.3) is 0 Å². The van der Waals surface area contributed by atoms with E-state index < -0.39 is 21.6 Å². The molecule has 1 fully saturated rings. The third-order valence-corrected chi connectivity index (χ3v) is 7.86. The van der Waals surface area contributed by atoms with Crippen molar-refractivity contribution in [1.82, 2.24) is 9.62 Å². The molecular weight excluding hydrogens is 439 g/mol. The van der Waals surface area contributed by atoms with Crippen molar-refractivity contribution in [2.75, 3.05) is 13.1 Å². The van der Waals surface area contributed by atoms with Crippen LogP contribution >= 0.6 is 11.6 Å². The number of nitrogens with one attached hydrogen (secondary N) is 1. The summed E-state index contributed by atoms with van der Waals surface area (Å²) in [5.41, 5.74) is 1.22. The van der Waals surface area contributed by atoms with Crippen LogP contribution in [0.2, 0.25) is 5.02 Å². The number of aryl methyl sites for hydroxylation is 1. The molecule has 168 valence electrons. The van der Waals surface area contributed by atoms with E-state index in [4.69, 9.17) is 11.6 Å². The standard InChI is InChI=1S/C23H28ClFN2O3S/c1-17(10-11-18-6-3-2-4-7-18)26-23(28)19-12-14-27(15-13-19)31(29,30)16-20-21(24)8-5-9-22(20)25/h2-9,17,19H,10-16H2,1H3,(H,26,28)/t17-/m1/s1. The first-order valence-corrected chi connectivity index (χ1v) is 12.5. The van der Waals surface area contributed by atoms with Crippen LogP contribution in [0.3, 0.4) is 0 Å². The second kappa shape index (κ2) is 10.6. The second-order valence-corrected chi connectivity index (χ2v) is 10.4. The van der Waals surface area contributed by atoms with Gasteiger partial charge >= 0.3 is 0 Å². The van der Waals surface area contributed by atoms with Crippen LogP contribution in [0.1, 0.15) is 37.3 Å². The Morgan fingerprint density at radius 2 is 1.84 bits per heavy atom. The van der Waals surface area contributed by atoms with Crippen molar-refractivity contribution in [2.24, 2.45) is 5.92 Å². The van der Waals surface area contributed by atoms with Crippen molar-refractivity contribution in [3.05, 3.63) is 70.5 Å². The van der Waals surface area contributed by atoms with Crippen LogP contribution in [-0.4, -0.2) is 37.8 Å². The first-order chi connectivity index (χ1) is 14.8. The fraction of sp³-hybridized carbons (Fsp3) is 0.435. The number of rotatable bonds is 8. The summed E-state index contributed by atoms with van der Waals surface area (Å²) in [5.74, 6) is -1.36. The molecule has 1 aliphatic rings. The highest BCUT2D eigenvalue weighted by Gasteiger charge is 2.32. The van der Waals surface area contributed by atoms with Gasteiger partial charge < -0.3 is 5.32 Å². The Bertz CT molecular complexity index is 973. The van der Waals surface area contributed by atoms with E-state index in [2.05, 4.69) is 17.4 Å². The molecule has 1 aliphatic heterocycles. The third-order valence-electron chi connectivity index (χ3n) is 5.70. The van der Waals surface area contributed by atoms with Gasteiger partial charge in [0.15, 0.2) is 0 Å². The zero-order valence-electron chi connectivity index (χ0n) is 17.6. The molecule has 5 nitrogen and oxygen atoms in total. The predicted octanol–water partition coefficient (Wildman–Crippen LogP) is 4.16. The highest BCUT2D eigenvalue weighted by atomic mass is 35.5. The Morgan fingerprint density at radius 1 is 1.16 bits per heavy atom. The van der Waals surface area contributed by atoms with E-state index >= 15 is 0 Å². The van der Waals surface area contributed by atoms with Crippen molar-refractivity contribution in [1.29, 1.82) is 0 Å². The number of carbonyl (C=O) groups is 1. The van der Waals surface area contributed by atoms with Gasteiger partial charge in [0.05, 0.1) is 5.75 Å². The normalized spacial score (nSPS) is 16.7. The molecule has 1 saturated heterocycles. The van der Waals surface area contributed by atoms with Crippen LogP contribution in [0.25, 0.3) is 0 Å². The number of sulfonamides is 1. The van der Waals surface area contributed by atoms with E-state index in [9.17, 15) is 17.6 Å². The Kier molecular flexibility index (Phi) is 8.08. The van der Waals surface area contributed by atoms with Gasteiger partial charge in [-0.2, -0.15) is 0 Å². The SMILES string of the molecule is C[C@H](CCc1ccccc1)NC(=O)C1CCN(S(=O)(=O)Cc2c(F)cccc2Cl)CC1. The molecule has 0 bridgehead atoms. The quantitative estimate of drug-likeness (QED) is 0.635. The van der Waals surface area contributed by atoms with Gasteiger partial charge in [-0.25, -0.2) is 17.1 Å². The van der Waals surface area contributed by atoms with Crippen LogP contribution in [0.15, 0.2) is 48.5 Å². The zero-order valence-corrected chi connectivity index (χ0v) is 19.1. The Hall–Kier alpha value is -1.96. The first kappa shape index (κ1) is 23.7. The van der Waals surface area contributed by atoms with Gasteiger partial charge in [-0.15, -0.1) is 0 Å². The lowest BCUT2D eigenvalue weighted by atomic mass is 9.96. The smallest absolute Gasteiger partial charge is 0.223 e. The van der Waals surface area contributed by atoms with E-state index in [-0.39, 0.29) is 41.5 Å². The Morgan fingerprint density at radius 3 is 2.48 bits per heavy atom. The van der Waals surface area contributed by atoms with Crippen LogP contribution in [-0.2, 0) is 27.0 Å². The molecule has 31 heavy (non-hydrogen) atoms. The van der Waals surface area contributed by atoms with E-state index in [1.54, 1.807) is 0 Å². The predicted molar refractivity (Wildman–Crippen MR) is 121 cm³/mol. The summed E-state index contributed by atoms with van der Waals surface area (Å²) < 4.78 is 40.8. The fourth-order valence-electron chi connectivity index (χ4n) is 3.80. The minimum absolute atomic E-state index is 0.0173. The van der Waals surface area contributed by atoms with E-state index in [0.717, 1.165) is 12.8 Å². The van der Waals surface area contributed by atoms with Gasteiger partial charge in [-0.3, -0.25) is 4.79 Å². The highest BCUT2D eigenvalue weighted by Crippen LogP contribution is 2.26. The maximum Gasteiger partial charge on any atom is 0.223 e. The molecule has 0 saturated carbocycles. The number of halogens is 2. The van der Waals surface area contributed by atoms with Gasteiger partial charge in [-0.1, -0.05) is 48.0 Å². The molecule has 0 spiro atoms. The summed E-state index contributed by atoms with van der Waals surface area (Å²) in [5, 5.41) is 3.15. The number of nitrogens with zero attached hydrogens (tertiary/aromatic N) is 1. The largest absolute Gasteiger partial charge is 0.353 e. The van der Waals surface area contributed by atoms with Crippen molar-refractivity contribution < 1.29 is 17.6 Å². The minimum atomic E-state index is -3.72. The number of hydrogen-bond acceptors (Lipinski definition) is 3. The van der Waals surface area contributed by atoms with Crippen molar-refractivity contribution in [3.63, 3.8) is 0 Å². The lowest BCUT2D eigenvalue weighted by Gasteiger charge is -2.31. The zero-order chi connectivity index (χ0) is 22.4. The molecule has 2 aromatic rings. The first-order valence-electron chi connectivity index (χ1n) is 10.5. The second-order valence-electron chi connectivity index (χ2n) is 8.06. The summed E-state index contributed by atoms with van der Waals surface area (Å²) in [7, 11) is -3.72. The van der Waals surface area contributed by atoms with Gasteiger partial charge in [0.1, 0.15) is 5.82 Å². The summed E-state index contributed by atoms with van der Waals surface area (Å²) in [4.78, 5) is 12.6. The van der Waals surface area contributed by atoms with Crippen LogP contribution in [0.5, 0.6) is 0 Å². The van der Waals surface area contributed by atoms with E-state index in [1.165, 1.54) is 28.1 Å². The Labute approximate surface area is 188 Å². The van der Waals surface area contributed by atoms with E-state index in [1.807, 2.05) is 25.1 Å². The molecule has 1 amide bonds. The fourth-order valence-corrected chi connectivity index (χ4v) is 5.72. The van der Waals surface area contributed by atoms with Crippen molar-refractivity contribution in [3.8, 4) is 0 Å². The molecule has 2 aromatic carbocycles. The highest BCUT2D eigenvalue weighted by molar-refractivity contribution is 7.88. The molecule has 1 N–H and O–H groups in total. The van der Waals surface area contributed by atoms with Crippen molar-refractivity contribution in [2.45, 2.75) is 44.4 Å². The van der Waals surface area contributed by atoms with Gasteiger partial charge in [0.2, 0.25) is 15.9 Å².